The van der Waals surface area contributed by atoms with E-state index in [0.29, 0.717) is 23.1 Å². The Kier molecular flexibility index (Phi) is 7.62. The number of piperazine rings is 1. The number of thiol groups is 1. The SMILES string of the molecule is C[C@](O)(c1ccc(N2CCN(S(=O)(=O)c3ccccc3S)C[C@@H]2Cc2ccccc2F)cc1)C(F)(F)F. The Morgan fingerprint density at radius 3 is 2.22 bits per heavy atom. The lowest BCUT2D eigenvalue weighted by Gasteiger charge is -2.42. The van der Waals surface area contributed by atoms with E-state index in [0.717, 1.165) is 0 Å². The number of hydrogen-bond acceptors (Lipinski definition) is 5. The average Bonchev–Trinajstić information content (AvgIpc) is 2.85. The number of aliphatic hydroxyl groups is 1. The fraction of sp³-hybridized carbons (Fsp3) is 0.308. The first-order chi connectivity index (χ1) is 17.3. The highest BCUT2D eigenvalue weighted by atomic mass is 32.2. The highest BCUT2D eigenvalue weighted by Crippen LogP contribution is 2.39. The number of rotatable bonds is 6. The average molecular weight is 555 g/mol. The molecule has 0 radical (unpaired) electrons. The van der Waals surface area contributed by atoms with Crippen LogP contribution in [-0.4, -0.2) is 49.7 Å². The van der Waals surface area contributed by atoms with Crippen LogP contribution in [0.4, 0.5) is 23.2 Å². The van der Waals surface area contributed by atoms with Gasteiger partial charge in [0.25, 0.3) is 0 Å². The zero-order chi connectivity index (χ0) is 27.0. The van der Waals surface area contributed by atoms with Crippen LogP contribution in [0.25, 0.3) is 0 Å². The lowest BCUT2D eigenvalue weighted by molar-refractivity contribution is -0.258. The van der Waals surface area contributed by atoms with Crippen LogP contribution >= 0.6 is 12.6 Å². The largest absolute Gasteiger partial charge is 0.421 e. The molecule has 5 nitrogen and oxygen atoms in total. The molecule has 0 saturated carbocycles. The predicted molar refractivity (Wildman–Crippen MR) is 136 cm³/mol. The molecule has 198 valence electrons. The first kappa shape index (κ1) is 27.4. The first-order valence-electron chi connectivity index (χ1n) is 11.5. The molecule has 4 rings (SSSR count). The van der Waals surface area contributed by atoms with Gasteiger partial charge in [0, 0.05) is 36.3 Å². The number of hydrogen-bond donors (Lipinski definition) is 2. The minimum atomic E-state index is -4.86. The van der Waals surface area contributed by atoms with Gasteiger partial charge < -0.3 is 10.0 Å². The van der Waals surface area contributed by atoms with Crippen LogP contribution in [0, 0.1) is 5.82 Å². The third-order valence-electron chi connectivity index (χ3n) is 6.65. The highest BCUT2D eigenvalue weighted by Gasteiger charge is 2.51. The number of sulfonamides is 1. The Morgan fingerprint density at radius 2 is 1.59 bits per heavy atom. The molecule has 1 fully saturated rings. The third kappa shape index (κ3) is 5.50. The lowest BCUT2D eigenvalue weighted by Crippen LogP contribution is -2.55. The van der Waals surface area contributed by atoms with Crippen LogP contribution in [0.1, 0.15) is 18.1 Å². The van der Waals surface area contributed by atoms with Crippen molar-refractivity contribution >= 4 is 28.3 Å². The highest BCUT2D eigenvalue weighted by molar-refractivity contribution is 7.90. The normalized spacial score (nSPS) is 19.0. The zero-order valence-corrected chi connectivity index (χ0v) is 21.6. The monoisotopic (exact) mass is 554 g/mol. The molecule has 0 unspecified atom stereocenters. The first-order valence-corrected chi connectivity index (χ1v) is 13.4. The summed E-state index contributed by atoms with van der Waals surface area (Å²) in [6.07, 6.45) is -4.69. The summed E-state index contributed by atoms with van der Waals surface area (Å²) in [5.74, 6) is -0.431. The topological polar surface area (TPSA) is 60.9 Å². The van der Waals surface area contributed by atoms with Crippen LogP contribution in [0.15, 0.2) is 82.6 Å². The molecule has 3 aromatic rings. The van der Waals surface area contributed by atoms with Crippen molar-refractivity contribution in [1.82, 2.24) is 4.31 Å². The van der Waals surface area contributed by atoms with Crippen molar-refractivity contribution in [1.29, 1.82) is 0 Å². The summed E-state index contributed by atoms with van der Waals surface area (Å²) in [5, 5.41) is 10.00. The molecule has 1 heterocycles. The van der Waals surface area contributed by atoms with Gasteiger partial charge in [-0.1, -0.05) is 42.5 Å². The van der Waals surface area contributed by atoms with Gasteiger partial charge in [0.05, 0.1) is 4.90 Å². The van der Waals surface area contributed by atoms with Gasteiger partial charge in [0.1, 0.15) is 5.82 Å². The van der Waals surface area contributed by atoms with Gasteiger partial charge in [-0.2, -0.15) is 17.5 Å². The van der Waals surface area contributed by atoms with Gasteiger partial charge in [-0.05, 0) is 54.8 Å². The van der Waals surface area contributed by atoms with E-state index in [1.54, 1.807) is 36.4 Å². The van der Waals surface area contributed by atoms with Crippen LogP contribution in [-0.2, 0) is 22.0 Å². The van der Waals surface area contributed by atoms with Gasteiger partial charge in [0.15, 0.2) is 5.60 Å². The molecule has 0 amide bonds. The molecule has 0 aliphatic carbocycles. The maximum atomic E-state index is 14.5. The van der Waals surface area contributed by atoms with E-state index in [1.807, 2.05) is 4.90 Å². The van der Waals surface area contributed by atoms with Crippen molar-refractivity contribution in [3.63, 3.8) is 0 Å². The Hall–Kier alpha value is -2.60. The Labute approximate surface area is 218 Å². The van der Waals surface area contributed by atoms with E-state index in [2.05, 4.69) is 12.6 Å². The van der Waals surface area contributed by atoms with E-state index in [1.165, 1.54) is 40.7 Å². The molecule has 37 heavy (non-hydrogen) atoms. The van der Waals surface area contributed by atoms with Gasteiger partial charge in [-0.3, -0.25) is 0 Å². The Bertz CT molecular complexity index is 1360. The van der Waals surface area contributed by atoms with Crippen molar-refractivity contribution in [2.75, 3.05) is 24.5 Å². The quantitative estimate of drug-likeness (QED) is 0.333. The second-order valence-corrected chi connectivity index (χ2v) is 11.5. The Morgan fingerprint density at radius 1 is 0.973 bits per heavy atom. The van der Waals surface area contributed by atoms with Crippen molar-refractivity contribution in [3.8, 4) is 0 Å². The van der Waals surface area contributed by atoms with Crippen molar-refractivity contribution in [2.45, 2.75) is 41.0 Å². The zero-order valence-electron chi connectivity index (χ0n) is 19.9. The smallest absolute Gasteiger partial charge is 0.376 e. The number of halogens is 4. The molecule has 1 saturated heterocycles. The van der Waals surface area contributed by atoms with Crippen LogP contribution in [0.5, 0.6) is 0 Å². The lowest BCUT2D eigenvalue weighted by atomic mass is 9.94. The molecular formula is C26H26F4N2O3S2. The van der Waals surface area contributed by atoms with E-state index in [-0.39, 0.29) is 36.5 Å². The summed E-state index contributed by atoms with van der Waals surface area (Å²) in [7, 11) is -3.90. The second-order valence-electron chi connectivity index (χ2n) is 9.09. The van der Waals surface area contributed by atoms with Gasteiger partial charge in [0.2, 0.25) is 10.0 Å². The molecule has 0 aromatic heterocycles. The molecule has 3 aromatic carbocycles. The van der Waals surface area contributed by atoms with Crippen molar-refractivity contribution in [3.05, 3.63) is 89.7 Å². The summed E-state index contributed by atoms with van der Waals surface area (Å²) < 4.78 is 82.5. The van der Waals surface area contributed by atoms with Crippen molar-refractivity contribution in [2.24, 2.45) is 0 Å². The van der Waals surface area contributed by atoms with Crippen molar-refractivity contribution < 1.29 is 31.1 Å². The molecular weight excluding hydrogens is 528 g/mol. The van der Waals surface area contributed by atoms with E-state index < -0.39 is 33.7 Å². The van der Waals surface area contributed by atoms with E-state index in [4.69, 9.17) is 0 Å². The third-order valence-corrected chi connectivity index (χ3v) is 9.12. The van der Waals surface area contributed by atoms with Crippen LogP contribution in [0.2, 0.25) is 0 Å². The summed E-state index contributed by atoms with van der Waals surface area (Å²) >= 11 is 4.29. The number of alkyl halides is 3. The van der Waals surface area contributed by atoms with Gasteiger partial charge in [-0.15, -0.1) is 12.6 Å². The van der Waals surface area contributed by atoms with Crippen LogP contribution < -0.4 is 4.90 Å². The van der Waals surface area contributed by atoms with E-state index >= 15 is 0 Å². The fourth-order valence-corrected chi connectivity index (χ4v) is 6.49. The minimum Gasteiger partial charge on any atom is -0.376 e. The second kappa shape index (κ2) is 10.3. The number of nitrogens with zero attached hydrogens (tertiary/aromatic N) is 2. The molecule has 0 spiro atoms. The molecule has 11 heteroatoms. The molecule has 1 N–H and O–H groups in total. The maximum absolute atomic E-state index is 14.5. The van der Waals surface area contributed by atoms with Crippen LogP contribution in [0.3, 0.4) is 0 Å². The minimum absolute atomic E-state index is 0.0286. The molecule has 0 bridgehead atoms. The summed E-state index contributed by atoms with van der Waals surface area (Å²) in [6, 6.07) is 17.3. The van der Waals surface area contributed by atoms with Gasteiger partial charge >= 0.3 is 6.18 Å². The number of benzene rings is 3. The number of anilines is 1. The van der Waals surface area contributed by atoms with Gasteiger partial charge in [-0.25, -0.2) is 12.8 Å². The fourth-order valence-electron chi connectivity index (χ4n) is 4.43. The molecule has 1 aliphatic rings. The summed E-state index contributed by atoms with van der Waals surface area (Å²) in [4.78, 5) is 2.23. The van der Waals surface area contributed by atoms with E-state index in [9.17, 15) is 31.1 Å². The molecule has 1 aliphatic heterocycles. The standard InChI is InChI=1S/C26H26F4N2O3S2/c1-25(33,26(28,29)30)19-10-12-20(13-11-19)32-15-14-31(37(34,35)24-9-5-4-8-23(24)36)17-21(32)16-18-6-2-3-7-22(18)27/h2-13,21,33,36H,14-17H2,1H3/t21-,25-/m0/s1. The predicted octanol–water partition coefficient (Wildman–Crippen LogP) is 5.01. The summed E-state index contributed by atoms with van der Waals surface area (Å²) in [6.45, 7) is 1.05. The molecule has 2 atom stereocenters. The maximum Gasteiger partial charge on any atom is 0.421 e. The Balaban J connectivity index is 1.67. The summed E-state index contributed by atoms with van der Waals surface area (Å²) in [5.41, 5.74) is -2.41.